The molecule has 152 valence electrons. The molecule has 4 rings (SSSR count). The van der Waals surface area contributed by atoms with Gasteiger partial charge in [0.1, 0.15) is 5.82 Å². The summed E-state index contributed by atoms with van der Waals surface area (Å²) in [5, 5.41) is 9.62. The maximum Gasteiger partial charge on any atom is 0.308 e. The molecule has 1 fully saturated rings. The molecule has 0 unspecified atom stereocenters. The van der Waals surface area contributed by atoms with Gasteiger partial charge in [-0.05, 0) is 35.2 Å². The van der Waals surface area contributed by atoms with E-state index < -0.39 is 11.9 Å². The SMILES string of the molecule is O=C(O)[C@H]1CN(CCC(=O)N2CCc3ccccc3C2)C[C@@H]1c1ccc(F)cc1. The van der Waals surface area contributed by atoms with Gasteiger partial charge in [-0.1, -0.05) is 36.4 Å². The van der Waals surface area contributed by atoms with Gasteiger partial charge in [0.15, 0.2) is 0 Å². The molecule has 6 heteroatoms. The number of aliphatic carboxylic acids is 1. The van der Waals surface area contributed by atoms with E-state index in [1.807, 2.05) is 21.9 Å². The number of carbonyl (C=O) groups is 2. The van der Waals surface area contributed by atoms with E-state index >= 15 is 0 Å². The van der Waals surface area contributed by atoms with Crippen LogP contribution in [0.4, 0.5) is 4.39 Å². The van der Waals surface area contributed by atoms with Crippen molar-refractivity contribution in [2.75, 3.05) is 26.2 Å². The second-order valence-corrected chi connectivity index (χ2v) is 7.95. The Morgan fingerprint density at radius 2 is 1.76 bits per heavy atom. The zero-order valence-electron chi connectivity index (χ0n) is 16.3. The number of carboxylic acid groups (broad SMARTS) is 1. The summed E-state index contributed by atoms with van der Waals surface area (Å²) in [6.07, 6.45) is 1.25. The van der Waals surface area contributed by atoms with Crippen molar-refractivity contribution in [3.05, 3.63) is 71.0 Å². The third-order valence-corrected chi connectivity index (χ3v) is 6.14. The van der Waals surface area contributed by atoms with Crippen molar-refractivity contribution in [3.63, 3.8) is 0 Å². The van der Waals surface area contributed by atoms with Gasteiger partial charge >= 0.3 is 5.97 Å². The summed E-state index contributed by atoms with van der Waals surface area (Å²) in [6.45, 7) is 2.89. The fourth-order valence-electron chi connectivity index (χ4n) is 4.49. The van der Waals surface area contributed by atoms with Crippen molar-refractivity contribution in [1.82, 2.24) is 9.80 Å². The summed E-state index contributed by atoms with van der Waals surface area (Å²) < 4.78 is 13.2. The Kier molecular flexibility index (Phi) is 5.62. The first kappa shape index (κ1) is 19.6. The van der Waals surface area contributed by atoms with Crippen molar-refractivity contribution < 1.29 is 19.1 Å². The molecule has 0 spiro atoms. The Morgan fingerprint density at radius 3 is 2.48 bits per heavy atom. The van der Waals surface area contributed by atoms with Crippen LogP contribution in [0.1, 0.15) is 29.0 Å². The van der Waals surface area contributed by atoms with Crippen LogP contribution in [0.25, 0.3) is 0 Å². The van der Waals surface area contributed by atoms with Crippen LogP contribution in [-0.2, 0) is 22.6 Å². The molecule has 0 aliphatic carbocycles. The molecule has 2 atom stereocenters. The lowest BCUT2D eigenvalue weighted by molar-refractivity contribution is -0.141. The number of rotatable bonds is 5. The Morgan fingerprint density at radius 1 is 1.03 bits per heavy atom. The average Bonchev–Trinajstić information content (AvgIpc) is 3.17. The van der Waals surface area contributed by atoms with Gasteiger partial charge in [-0.15, -0.1) is 0 Å². The van der Waals surface area contributed by atoms with Gasteiger partial charge in [-0.25, -0.2) is 4.39 Å². The van der Waals surface area contributed by atoms with Gasteiger partial charge in [-0.3, -0.25) is 9.59 Å². The molecule has 0 aromatic heterocycles. The fraction of sp³-hybridized carbons (Fsp3) is 0.391. The molecule has 2 aliphatic rings. The number of carbonyl (C=O) groups excluding carboxylic acids is 1. The van der Waals surface area contributed by atoms with Crippen LogP contribution in [-0.4, -0.2) is 53.0 Å². The lowest BCUT2D eigenvalue weighted by Crippen LogP contribution is -2.37. The number of amides is 1. The van der Waals surface area contributed by atoms with Crippen LogP contribution in [0, 0.1) is 11.7 Å². The normalized spacial score (nSPS) is 21.8. The minimum atomic E-state index is -0.846. The van der Waals surface area contributed by atoms with Gasteiger partial charge in [0, 0.05) is 45.1 Å². The highest BCUT2D eigenvalue weighted by Gasteiger charge is 2.38. The molecule has 2 aromatic rings. The van der Waals surface area contributed by atoms with Crippen LogP contribution in [0.2, 0.25) is 0 Å². The van der Waals surface area contributed by atoms with Gasteiger partial charge in [0.05, 0.1) is 5.92 Å². The topological polar surface area (TPSA) is 60.9 Å². The maximum atomic E-state index is 13.2. The molecule has 1 saturated heterocycles. The third kappa shape index (κ3) is 4.32. The van der Waals surface area contributed by atoms with E-state index in [1.54, 1.807) is 12.1 Å². The first-order chi connectivity index (χ1) is 14.0. The van der Waals surface area contributed by atoms with Crippen molar-refractivity contribution >= 4 is 11.9 Å². The number of benzene rings is 2. The smallest absolute Gasteiger partial charge is 0.308 e. The fourth-order valence-corrected chi connectivity index (χ4v) is 4.49. The predicted octanol–water partition coefficient (Wildman–Crippen LogP) is 2.90. The van der Waals surface area contributed by atoms with Crippen LogP contribution in [0.5, 0.6) is 0 Å². The highest BCUT2D eigenvalue weighted by molar-refractivity contribution is 5.77. The van der Waals surface area contributed by atoms with Gasteiger partial charge in [-0.2, -0.15) is 0 Å². The summed E-state index contributed by atoms with van der Waals surface area (Å²) in [5.74, 6) is -1.80. The highest BCUT2D eigenvalue weighted by atomic mass is 19.1. The Labute approximate surface area is 169 Å². The molecular formula is C23H25FN2O3. The number of carboxylic acids is 1. The Hall–Kier alpha value is -2.73. The Balaban J connectivity index is 1.35. The van der Waals surface area contributed by atoms with Crippen LogP contribution < -0.4 is 0 Å². The molecule has 0 saturated carbocycles. The summed E-state index contributed by atoms with van der Waals surface area (Å²) in [6, 6.07) is 14.3. The lowest BCUT2D eigenvalue weighted by Gasteiger charge is -2.29. The molecule has 1 N–H and O–H groups in total. The number of halogens is 1. The average molecular weight is 396 g/mol. The monoisotopic (exact) mass is 396 g/mol. The van der Waals surface area contributed by atoms with Crippen molar-refractivity contribution in [2.45, 2.75) is 25.3 Å². The zero-order valence-corrected chi connectivity index (χ0v) is 16.3. The molecule has 0 bridgehead atoms. The van der Waals surface area contributed by atoms with Crippen molar-refractivity contribution in [3.8, 4) is 0 Å². The number of nitrogens with zero attached hydrogens (tertiary/aromatic N) is 2. The minimum Gasteiger partial charge on any atom is -0.481 e. The summed E-state index contributed by atoms with van der Waals surface area (Å²) in [7, 11) is 0. The molecule has 29 heavy (non-hydrogen) atoms. The number of fused-ring (bicyclic) bond motifs is 1. The van der Waals surface area contributed by atoms with Crippen molar-refractivity contribution in [2.24, 2.45) is 5.92 Å². The van der Waals surface area contributed by atoms with Crippen LogP contribution in [0.3, 0.4) is 0 Å². The third-order valence-electron chi connectivity index (χ3n) is 6.14. The van der Waals surface area contributed by atoms with E-state index in [2.05, 4.69) is 12.1 Å². The maximum absolute atomic E-state index is 13.2. The first-order valence-electron chi connectivity index (χ1n) is 10.1. The molecule has 2 aromatic carbocycles. The molecule has 2 aliphatic heterocycles. The zero-order chi connectivity index (χ0) is 20.4. The summed E-state index contributed by atoms with van der Waals surface area (Å²) in [5.41, 5.74) is 3.35. The molecule has 5 nitrogen and oxygen atoms in total. The number of hydrogen-bond acceptors (Lipinski definition) is 3. The van der Waals surface area contributed by atoms with Gasteiger partial charge < -0.3 is 14.9 Å². The van der Waals surface area contributed by atoms with E-state index in [4.69, 9.17) is 0 Å². The van der Waals surface area contributed by atoms with Crippen LogP contribution >= 0.6 is 0 Å². The quantitative estimate of drug-likeness (QED) is 0.844. The lowest BCUT2D eigenvalue weighted by atomic mass is 9.89. The van der Waals surface area contributed by atoms with Crippen molar-refractivity contribution in [1.29, 1.82) is 0 Å². The standard InChI is InChI=1S/C23H25FN2O3/c24-19-7-5-17(6-8-19)20-14-25(15-21(20)23(28)29)11-10-22(27)26-12-9-16-3-1-2-4-18(16)13-26/h1-8,20-21H,9-15H2,(H,28,29)/t20-,21+/m1/s1. The van der Waals surface area contributed by atoms with Gasteiger partial charge in [0.25, 0.3) is 0 Å². The van der Waals surface area contributed by atoms with E-state index in [-0.39, 0.29) is 17.6 Å². The molecular weight excluding hydrogens is 371 g/mol. The van der Waals surface area contributed by atoms with E-state index in [9.17, 15) is 19.1 Å². The van der Waals surface area contributed by atoms with Gasteiger partial charge in [0.2, 0.25) is 5.91 Å². The minimum absolute atomic E-state index is 0.108. The number of hydrogen-bond donors (Lipinski definition) is 1. The summed E-state index contributed by atoms with van der Waals surface area (Å²) >= 11 is 0. The first-order valence-corrected chi connectivity index (χ1v) is 10.1. The largest absolute Gasteiger partial charge is 0.481 e. The molecule has 0 radical (unpaired) electrons. The predicted molar refractivity (Wildman–Crippen MR) is 107 cm³/mol. The van der Waals surface area contributed by atoms with Crippen LogP contribution in [0.15, 0.2) is 48.5 Å². The van der Waals surface area contributed by atoms with E-state index in [0.717, 1.165) is 18.5 Å². The Bertz CT molecular complexity index is 899. The van der Waals surface area contributed by atoms with E-state index in [0.29, 0.717) is 32.6 Å². The van der Waals surface area contributed by atoms with E-state index in [1.165, 1.54) is 23.3 Å². The summed E-state index contributed by atoms with van der Waals surface area (Å²) in [4.78, 5) is 28.4. The molecule has 2 heterocycles. The molecule has 1 amide bonds. The highest BCUT2D eigenvalue weighted by Crippen LogP contribution is 2.33. The second kappa shape index (κ2) is 8.33. The number of likely N-dealkylation sites (tertiary alicyclic amines) is 1. The second-order valence-electron chi connectivity index (χ2n) is 7.95.